The molecule has 2 fully saturated rings. The van der Waals surface area contributed by atoms with Crippen LogP contribution in [0.25, 0.3) is 0 Å². The molecule has 1 aromatic carbocycles. The van der Waals surface area contributed by atoms with Crippen molar-refractivity contribution in [3.63, 3.8) is 0 Å². The standard InChI is InChI=1S/C21H32N4O4S/c1-17-4-6-19(7-5-17)30(28,29)25(21(27)24-14-12-22(3)13-15-24)16-20(26)23-10-8-18(2)9-11-23/h4-7,18H,8-16H2,1-3H3. The summed E-state index contributed by atoms with van der Waals surface area (Å²) in [6.07, 6.45) is 1.78. The number of carbonyl (C=O) groups is 2. The molecule has 3 rings (SSSR count). The van der Waals surface area contributed by atoms with Gasteiger partial charge in [0, 0.05) is 39.3 Å². The van der Waals surface area contributed by atoms with Crippen LogP contribution in [0.15, 0.2) is 29.2 Å². The lowest BCUT2D eigenvalue weighted by atomic mass is 9.99. The number of likely N-dealkylation sites (N-methyl/N-ethyl adjacent to an activating group) is 1. The molecule has 0 radical (unpaired) electrons. The summed E-state index contributed by atoms with van der Waals surface area (Å²) in [5, 5.41) is 0. The molecule has 0 aliphatic carbocycles. The number of nitrogens with zero attached hydrogens (tertiary/aromatic N) is 4. The number of likely N-dealkylation sites (tertiary alicyclic amines) is 1. The van der Waals surface area contributed by atoms with Gasteiger partial charge in [-0.1, -0.05) is 24.6 Å². The Labute approximate surface area is 179 Å². The highest BCUT2D eigenvalue weighted by Crippen LogP contribution is 2.21. The van der Waals surface area contributed by atoms with Gasteiger partial charge in [0.1, 0.15) is 6.54 Å². The molecule has 0 atom stereocenters. The van der Waals surface area contributed by atoms with Crippen LogP contribution in [-0.2, 0) is 14.8 Å². The van der Waals surface area contributed by atoms with Gasteiger partial charge in [0.25, 0.3) is 10.0 Å². The highest BCUT2D eigenvalue weighted by atomic mass is 32.2. The average Bonchev–Trinajstić information content (AvgIpc) is 2.72. The molecule has 2 aliphatic rings. The van der Waals surface area contributed by atoms with Crippen molar-refractivity contribution in [2.45, 2.75) is 31.6 Å². The molecule has 0 aromatic heterocycles. The molecule has 0 bridgehead atoms. The highest BCUT2D eigenvalue weighted by molar-refractivity contribution is 7.89. The minimum atomic E-state index is -4.14. The van der Waals surface area contributed by atoms with Crippen molar-refractivity contribution in [3.05, 3.63) is 29.8 Å². The highest BCUT2D eigenvalue weighted by Gasteiger charge is 2.36. The second-order valence-electron chi connectivity index (χ2n) is 8.46. The molecule has 1 aromatic rings. The van der Waals surface area contributed by atoms with E-state index < -0.39 is 22.6 Å². The van der Waals surface area contributed by atoms with E-state index in [9.17, 15) is 18.0 Å². The fraction of sp³-hybridized carbons (Fsp3) is 0.619. The molecule has 0 unspecified atom stereocenters. The topological polar surface area (TPSA) is 81.2 Å². The van der Waals surface area contributed by atoms with E-state index in [2.05, 4.69) is 11.8 Å². The number of piperazine rings is 1. The van der Waals surface area contributed by atoms with E-state index in [1.807, 2.05) is 14.0 Å². The molecule has 2 aliphatic heterocycles. The molecule has 30 heavy (non-hydrogen) atoms. The first kappa shape index (κ1) is 22.6. The lowest BCUT2D eigenvalue weighted by Gasteiger charge is -2.36. The molecular formula is C21H32N4O4S. The van der Waals surface area contributed by atoms with Gasteiger partial charge in [0.15, 0.2) is 0 Å². The van der Waals surface area contributed by atoms with Crippen LogP contribution in [0.2, 0.25) is 0 Å². The van der Waals surface area contributed by atoms with E-state index in [1.165, 1.54) is 17.0 Å². The lowest BCUT2D eigenvalue weighted by Crippen LogP contribution is -2.55. The van der Waals surface area contributed by atoms with Crippen molar-refractivity contribution < 1.29 is 18.0 Å². The Morgan fingerprint density at radius 1 is 0.967 bits per heavy atom. The fourth-order valence-corrected chi connectivity index (χ4v) is 5.07. The SMILES string of the molecule is Cc1ccc(S(=O)(=O)N(CC(=O)N2CCC(C)CC2)C(=O)N2CCN(C)CC2)cc1. The van der Waals surface area contributed by atoms with Crippen molar-refractivity contribution in [3.8, 4) is 0 Å². The summed E-state index contributed by atoms with van der Waals surface area (Å²) in [5.41, 5.74) is 0.921. The summed E-state index contributed by atoms with van der Waals surface area (Å²) in [5.74, 6) is 0.230. The largest absolute Gasteiger partial charge is 0.341 e. The molecule has 0 spiro atoms. The molecule has 166 valence electrons. The van der Waals surface area contributed by atoms with Gasteiger partial charge in [0.2, 0.25) is 5.91 Å². The van der Waals surface area contributed by atoms with E-state index >= 15 is 0 Å². The maximum Gasteiger partial charge on any atom is 0.334 e. The summed E-state index contributed by atoms with van der Waals surface area (Å²) < 4.78 is 27.5. The Morgan fingerprint density at radius 3 is 2.10 bits per heavy atom. The van der Waals surface area contributed by atoms with Crippen molar-refractivity contribution in [2.75, 3.05) is 52.9 Å². The zero-order valence-corrected chi connectivity index (χ0v) is 18.9. The Morgan fingerprint density at radius 2 is 1.53 bits per heavy atom. The van der Waals surface area contributed by atoms with Gasteiger partial charge < -0.3 is 14.7 Å². The number of benzene rings is 1. The molecule has 0 saturated carbocycles. The van der Waals surface area contributed by atoms with Crippen LogP contribution >= 0.6 is 0 Å². The molecule has 2 saturated heterocycles. The normalized spacial score (nSPS) is 19.0. The summed E-state index contributed by atoms with van der Waals surface area (Å²) in [7, 11) is -2.18. The third kappa shape index (κ3) is 5.13. The van der Waals surface area contributed by atoms with Crippen molar-refractivity contribution in [2.24, 2.45) is 5.92 Å². The lowest BCUT2D eigenvalue weighted by molar-refractivity contribution is -0.132. The first-order valence-corrected chi connectivity index (χ1v) is 12.0. The second-order valence-corrected chi connectivity index (χ2v) is 10.3. The van der Waals surface area contributed by atoms with Crippen LogP contribution < -0.4 is 0 Å². The number of aryl methyl sites for hydroxylation is 1. The number of rotatable bonds is 4. The van der Waals surface area contributed by atoms with Gasteiger partial charge in [0.05, 0.1) is 4.90 Å². The first-order chi connectivity index (χ1) is 14.2. The zero-order chi connectivity index (χ0) is 21.9. The van der Waals surface area contributed by atoms with Gasteiger partial charge in [-0.25, -0.2) is 17.5 Å². The van der Waals surface area contributed by atoms with Gasteiger partial charge in [-0.05, 0) is 44.9 Å². The Bertz CT molecular complexity index is 855. The molecule has 0 N–H and O–H groups in total. The quantitative estimate of drug-likeness (QED) is 0.716. The van der Waals surface area contributed by atoms with Crippen LogP contribution in [0.1, 0.15) is 25.3 Å². The Balaban J connectivity index is 1.85. The predicted octanol–water partition coefficient (Wildman–Crippen LogP) is 1.61. The van der Waals surface area contributed by atoms with E-state index in [-0.39, 0.29) is 10.8 Å². The summed E-state index contributed by atoms with van der Waals surface area (Å²) in [6, 6.07) is 5.74. The first-order valence-electron chi connectivity index (χ1n) is 10.5. The van der Waals surface area contributed by atoms with Crippen LogP contribution in [0.5, 0.6) is 0 Å². The molecule has 3 amide bonds. The number of piperidine rings is 1. The van der Waals surface area contributed by atoms with E-state index in [1.54, 1.807) is 17.0 Å². The second kappa shape index (κ2) is 9.34. The van der Waals surface area contributed by atoms with Gasteiger partial charge in [-0.3, -0.25) is 4.79 Å². The maximum absolute atomic E-state index is 13.4. The summed E-state index contributed by atoms with van der Waals surface area (Å²) in [4.78, 5) is 31.5. The molecular weight excluding hydrogens is 404 g/mol. The molecule has 2 heterocycles. The molecule has 9 heteroatoms. The van der Waals surface area contributed by atoms with Crippen molar-refractivity contribution in [1.82, 2.24) is 19.0 Å². The number of carbonyl (C=O) groups excluding carboxylic acids is 2. The summed E-state index contributed by atoms with van der Waals surface area (Å²) >= 11 is 0. The molecule has 8 nitrogen and oxygen atoms in total. The Kier molecular flexibility index (Phi) is 7.02. The average molecular weight is 437 g/mol. The van der Waals surface area contributed by atoms with Crippen LogP contribution in [-0.4, -0.2) is 92.2 Å². The van der Waals surface area contributed by atoms with Gasteiger partial charge in [-0.2, -0.15) is 0 Å². The number of hydrogen-bond acceptors (Lipinski definition) is 5. The van der Waals surface area contributed by atoms with Crippen LogP contribution in [0.4, 0.5) is 4.79 Å². The fourth-order valence-electron chi connectivity index (χ4n) is 3.73. The Hall–Kier alpha value is -2.13. The number of hydrogen-bond donors (Lipinski definition) is 0. The van der Waals surface area contributed by atoms with Gasteiger partial charge in [-0.15, -0.1) is 0 Å². The van der Waals surface area contributed by atoms with E-state index in [4.69, 9.17) is 0 Å². The number of sulfonamides is 1. The van der Waals surface area contributed by atoms with Gasteiger partial charge >= 0.3 is 6.03 Å². The van der Waals surface area contributed by atoms with Crippen molar-refractivity contribution in [1.29, 1.82) is 0 Å². The van der Waals surface area contributed by atoms with Crippen molar-refractivity contribution >= 4 is 22.0 Å². The third-order valence-corrected chi connectivity index (χ3v) is 7.74. The maximum atomic E-state index is 13.4. The van der Waals surface area contributed by atoms with E-state index in [0.29, 0.717) is 45.2 Å². The summed E-state index contributed by atoms with van der Waals surface area (Å²) in [6.45, 7) is 6.95. The minimum Gasteiger partial charge on any atom is -0.341 e. The smallest absolute Gasteiger partial charge is 0.334 e. The third-order valence-electron chi connectivity index (χ3n) is 6.01. The zero-order valence-electron chi connectivity index (χ0n) is 18.1. The number of urea groups is 1. The minimum absolute atomic E-state index is 0.0237. The predicted molar refractivity (Wildman–Crippen MR) is 115 cm³/mol. The van der Waals surface area contributed by atoms with Crippen LogP contribution in [0.3, 0.4) is 0 Å². The van der Waals surface area contributed by atoms with E-state index in [0.717, 1.165) is 22.7 Å². The number of amides is 3. The monoisotopic (exact) mass is 436 g/mol. The van der Waals surface area contributed by atoms with Crippen LogP contribution in [0, 0.1) is 12.8 Å².